The summed E-state index contributed by atoms with van der Waals surface area (Å²) in [6.45, 7) is 8.43. The SMILES string of the molecule is CNC(C)C(=O)OC(C)C(=O)OC(C)(C)C. The van der Waals surface area contributed by atoms with E-state index in [0.29, 0.717) is 0 Å². The van der Waals surface area contributed by atoms with Crippen molar-refractivity contribution in [2.24, 2.45) is 0 Å². The largest absolute Gasteiger partial charge is 0.457 e. The van der Waals surface area contributed by atoms with Gasteiger partial charge in [-0.15, -0.1) is 0 Å². The van der Waals surface area contributed by atoms with Gasteiger partial charge in [-0.05, 0) is 41.7 Å². The summed E-state index contributed by atoms with van der Waals surface area (Å²) >= 11 is 0. The van der Waals surface area contributed by atoms with E-state index in [1.54, 1.807) is 34.7 Å². The molecular weight excluding hydrogens is 210 g/mol. The Bertz CT molecular complexity index is 257. The lowest BCUT2D eigenvalue weighted by atomic mass is 10.2. The molecule has 1 N–H and O–H groups in total. The number of carbonyl (C=O) groups is 2. The summed E-state index contributed by atoms with van der Waals surface area (Å²) in [5.41, 5.74) is -0.577. The van der Waals surface area contributed by atoms with Crippen LogP contribution in [0.1, 0.15) is 34.6 Å². The number of hydrogen-bond acceptors (Lipinski definition) is 5. The third kappa shape index (κ3) is 5.70. The van der Waals surface area contributed by atoms with Crippen LogP contribution >= 0.6 is 0 Å². The number of hydrogen-bond donors (Lipinski definition) is 1. The number of ether oxygens (including phenoxy) is 2. The van der Waals surface area contributed by atoms with Crippen LogP contribution in [0.2, 0.25) is 0 Å². The van der Waals surface area contributed by atoms with Gasteiger partial charge in [-0.2, -0.15) is 0 Å². The fourth-order valence-corrected chi connectivity index (χ4v) is 0.827. The first-order chi connectivity index (χ1) is 7.17. The van der Waals surface area contributed by atoms with Gasteiger partial charge in [0, 0.05) is 0 Å². The van der Waals surface area contributed by atoms with Gasteiger partial charge < -0.3 is 14.8 Å². The van der Waals surface area contributed by atoms with Gasteiger partial charge >= 0.3 is 11.9 Å². The van der Waals surface area contributed by atoms with Crippen LogP contribution in [-0.4, -0.2) is 36.7 Å². The van der Waals surface area contributed by atoms with E-state index in [2.05, 4.69) is 5.32 Å². The molecule has 0 aromatic carbocycles. The third-order valence-corrected chi connectivity index (χ3v) is 1.82. The molecule has 0 aromatic heterocycles. The molecule has 0 aliphatic rings. The summed E-state index contributed by atoms with van der Waals surface area (Å²) in [6, 6.07) is -0.440. The summed E-state index contributed by atoms with van der Waals surface area (Å²) in [4.78, 5) is 22.8. The topological polar surface area (TPSA) is 64.6 Å². The van der Waals surface area contributed by atoms with Gasteiger partial charge in [0.05, 0.1) is 0 Å². The predicted molar refractivity (Wildman–Crippen MR) is 59.9 cm³/mol. The molecule has 5 nitrogen and oxygen atoms in total. The van der Waals surface area contributed by atoms with Crippen molar-refractivity contribution in [1.82, 2.24) is 5.32 Å². The van der Waals surface area contributed by atoms with E-state index in [1.165, 1.54) is 6.92 Å². The summed E-state index contributed by atoms with van der Waals surface area (Å²) in [5.74, 6) is -1.01. The first-order valence-corrected chi connectivity index (χ1v) is 5.28. The Balaban J connectivity index is 4.21. The minimum atomic E-state index is -0.887. The van der Waals surface area contributed by atoms with E-state index in [4.69, 9.17) is 9.47 Å². The van der Waals surface area contributed by atoms with Crippen LogP contribution in [0.25, 0.3) is 0 Å². The minimum Gasteiger partial charge on any atom is -0.457 e. The average molecular weight is 231 g/mol. The van der Waals surface area contributed by atoms with Gasteiger partial charge in [-0.1, -0.05) is 0 Å². The van der Waals surface area contributed by atoms with Crippen molar-refractivity contribution in [3.8, 4) is 0 Å². The van der Waals surface area contributed by atoms with Crippen LogP contribution in [0.4, 0.5) is 0 Å². The van der Waals surface area contributed by atoms with E-state index in [0.717, 1.165) is 0 Å². The molecule has 94 valence electrons. The zero-order chi connectivity index (χ0) is 12.9. The number of likely N-dealkylation sites (N-methyl/N-ethyl adjacent to an activating group) is 1. The summed E-state index contributed by atoms with van der Waals surface area (Å²) in [6.07, 6.45) is -0.887. The predicted octanol–water partition coefficient (Wildman–Crippen LogP) is 0.868. The monoisotopic (exact) mass is 231 g/mol. The van der Waals surface area contributed by atoms with Crippen LogP contribution in [0, 0.1) is 0 Å². The van der Waals surface area contributed by atoms with Crippen LogP contribution in [0.3, 0.4) is 0 Å². The lowest BCUT2D eigenvalue weighted by Crippen LogP contribution is -2.38. The highest BCUT2D eigenvalue weighted by Gasteiger charge is 2.25. The van der Waals surface area contributed by atoms with Crippen molar-refractivity contribution in [3.63, 3.8) is 0 Å². The maximum atomic E-state index is 11.5. The lowest BCUT2D eigenvalue weighted by Gasteiger charge is -2.22. The van der Waals surface area contributed by atoms with E-state index >= 15 is 0 Å². The van der Waals surface area contributed by atoms with E-state index < -0.39 is 29.7 Å². The standard InChI is InChI=1S/C11H21NO4/c1-7(12-6)9(13)15-8(2)10(14)16-11(3,4)5/h7-8,12H,1-6H3. The summed E-state index contributed by atoms with van der Waals surface area (Å²) in [7, 11) is 1.64. The molecule has 0 radical (unpaired) electrons. The van der Waals surface area contributed by atoms with E-state index in [-0.39, 0.29) is 0 Å². The van der Waals surface area contributed by atoms with Gasteiger partial charge in [-0.25, -0.2) is 4.79 Å². The van der Waals surface area contributed by atoms with Crippen molar-refractivity contribution in [2.75, 3.05) is 7.05 Å². The number of nitrogens with one attached hydrogen (secondary N) is 1. The Hall–Kier alpha value is -1.10. The second-order valence-corrected chi connectivity index (χ2v) is 4.62. The van der Waals surface area contributed by atoms with Gasteiger partial charge in [0.25, 0.3) is 0 Å². The molecule has 0 aromatic rings. The fraction of sp³-hybridized carbons (Fsp3) is 0.818. The van der Waals surface area contributed by atoms with Gasteiger partial charge in [0.2, 0.25) is 0 Å². The fourth-order valence-electron chi connectivity index (χ4n) is 0.827. The van der Waals surface area contributed by atoms with Gasteiger partial charge in [-0.3, -0.25) is 4.79 Å². The molecular formula is C11H21NO4. The smallest absolute Gasteiger partial charge is 0.347 e. The van der Waals surface area contributed by atoms with Gasteiger partial charge in [0.1, 0.15) is 11.6 Å². The summed E-state index contributed by atoms with van der Waals surface area (Å²) < 4.78 is 10.0. The molecule has 2 atom stereocenters. The highest BCUT2D eigenvalue weighted by atomic mass is 16.6. The second kappa shape index (κ2) is 5.84. The highest BCUT2D eigenvalue weighted by Crippen LogP contribution is 2.10. The molecule has 0 heterocycles. The first kappa shape index (κ1) is 14.9. The molecule has 0 rings (SSSR count). The Kier molecular flexibility index (Phi) is 5.44. The number of esters is 2. The Morgan fingerprint density at radius 2 is 1.62 bits per heavy atom. The van der Waals surface area contributed by atoms with Crippen molar-refractivity contribution in [3.05, 3.63) is 0 Å². The molecule has 0 saturated heterocycles. The van der Waals surface area contributed by atoms with Crippen LogP contribution in [0.5, 0.6) is 0 Å². The normalized spacial score (nSPS) is 15.1. The lowest BCUT2D eigenvalue weighted by molar-refractivity contribution is -0.175. The van der Waals surface area contributed by atoms with Crippen LogP contribution < -0.4 is 5.32 Å². The Morgan fingerprint density at radius 1 is 1.12 bits per heavy atom. The molecule has 0 fully saturated rings. The highest BCUT2D eigenvalue weighted by molar-refractivity contribution is 5.81. The van der Waals surface area contributed by atoms with E-state index in [1.807, 2.05) is 0 Å². The Labute approximate surface area is 96.5 Å². The van der Waals surface area contributed by atoms with Crippen molar-refractivity contribution >= 4 is 11.9 Å². The Morgan fingerprint density at radius 3 is 2.00 bits per heavy atom. The molecule has 5 heteroatoms. The van der Waals surface area contributed by atoms with Gasteiger partial charge in [0.15, 0.2) is 6.10 Å². The zero-order valence-corrected chi connectivity index (χ0v) is 10.8. The quantitative estimate of drug-likeness (QED) is 0.727. The average Bonchev–Trinajstić information content (AvgIpc) is 2.13. The zero-order valence-electron chi connectivity index (χ0n) is 10.8. The van der Waals surface area contributed by atoms with Crippen molar-refractivity contribution in [2.45, 2.75) is 52.4 Å². The number of carbonyl (C=O) groups excluding carboxylic acids is 2. The minimum absolute atomic E-state index is 0.440. The maximum absolute atomic E-state index is 11.5. The van der Waals surface area contributed by atoms with Crippen LogP contribution in [-0.2, 0) is 19.1 Å². The first-order valence-electron chi connectivity index (χ1n) is 5.28. The van der Waals surface area contributed by atoms with E-state index in [9.17, 15) is 9.59 Å². The molecule has 16 heavy (non-hydrogen) atoms. The second-order valence-electron chi connectivity index (χ2n) is 4.62. The molecule has 0 spiro atoms. The third-order valence-electron chi connectivity index (χ3n) is 1.82. The summed E-state index contributed by atoms with van der Waals surface area (Å²) in [5, 5.41) is 2.73. The number of rotatable bonds is 4. The molecule has 0 amide bonds. The molecule has 0 aliphatic heterocycles. The molecule has 0 aliphatic carbocycles. The maximum Gasteiger partial charge on any atom is 0.347 e. The molecule has 2 unspecified atom stereocenters. The molecule has 0 saturated carbocycles. The van der Waals surface area contributed by atoms with Crippen molar-refractivity contribution < 1.29 is 19.1 Å². The molecule has 0 bridgehead atoms. The van der Waals surface area contributed by atoms with Crippen LogP contribution in [0.15, 0.2) is 0 Å². The van der Waals surface area contributed by atoms with Crippen molar-refractivity contribution in [1.29, 1.82) is 0 Å².